The van der Waals surface area contributed by atoms with Crippen LogP contribution in [-0.2, 0) is 10.0 Å². The molecule has 5 nitrogen and oxygen atoms in total. The van der Waals surface area contributed by atoms with E-state index in [1.165, 1.54) is 5.38 Å². The maximum absolute atomic E-state index is 12.1. The molecule has 0 aliphatic rings. The molecular weight excluding hydrogens is 274 g/mol. The predicted molar refractivity (Wildman–Crippen MR) is 69.2 cm³/mol. The molecule has 0 aromatic carbocycles. The Kier molecular flexibility index (Phi) is 4.51. The maximum atomic E-state index is 12.1. The fourth-order valence-electron chi connectivity index (χ4n) is 1.46. The molecule has 0 saturated heterocycles. The number of hydrogen-bond donors (Lipinski definition) is 2. The number of carbonyl (C=O) groups is 1. The normalized spacial score (nSPS) is 12.9. The molecule has 0 saturated carbocycles. The van der Waals surface area contributed by atoms with Gasteiger partial charge in [0.2, 0.25) is 10.0 Å². The molecule has 1 aromatic heterocycles. The number of carboxylic acids is 1. The van der Waals surface area contributed by atoms with Crippen LogP contribution in [0.2, 0.25) is 0 Å². The van der Waals surface area contributed by atoms with Crippen molar-refractivity contribution in [1.82, 2.24) is 4.72 Å². The molecule has 1 heterocycles. The molecule has 0 aliphatic heterocycles. The number of thiophene rings is 1. The molecule has 1 unspecified atom stereocenters. The van der Waals surface area contributed by atoms with Crippen LogP contribution in [0.5, 0.6) is 0 Å². The molecule has 0 fully saturated rings. The first kappa shape index (κ1) is 14.7. The van der Waals surface area contributed by atoms with Crippen molar-refractivity contribution in [1.29, 1.82) is 0 Å². The first-order chi connectivity index (χ1) is 8.29. The number of terminal acetylenes is 1. The summed E-state index contributed by atoms with van der Waals surface area (Å²) in [6.45, 7) is 3.18. The van der Waals surface area contributed by atoms with Crippen molar-refractivity contribution in [2.24, 2.45) is 0 Å². The minimum Gasteiger partial charge on any atom is -0.477 e. The number of rotatable bonds is 5. The number of aromatic carboxylic acids is 1. The molecule has 1 atom stereocenters. The third-order valence-corrected chi connectivity index (χ3v) is 5.15. The first-order valence-corrected chi connectivity index (χ1v) is 7.43. The van der Waals surface area contributed by atoms with Crippen molar-refractivity contribution in [2.75, 3.05) is 0 Å². The van der Waals surface area contributed by atoms with Gasteiger partial charge in [-0.3, -0.25) is 0 Å². The van der Waals surface area contributed by atoms with Crippen molar-refractivity contribution in [3.05, 3.63) is 15.8 Å². The largest absolute Gasteiger partial charge is 0.477 e. The van der Waals surface area contributed by atoms with Gasteiger partial charge in [0, 0.05) is 12.5 Å². The Morgan fingerprint density at radius 1 is 1.67 bits per heavy atom. The molecule has 1 aromatic rings. The summed E-state index contributed by atoms with van der Waals surface area (Å²) in [7, 11) is -3.86. The van der Waals surface area contributed by atoms with E-state index in [9.17, 15) is 13.2 Å². The molecule has 0 bridgehead atoms. The van der Waals surface area contributed by atoms with Crippen LogP contribution in [0.25, 0.3) is 0 Å². The van der Waals surface area contributed by atoms with E-state index in [0.717, 1.165) is 11.3 Å². The lowest BCUT2D eigenvalue weighted by molar-refractivity contribution is 0.0698. The van der Waals surface area contributed by atoms with Gasteiger partial charge in [-0.15, -0.1) is 23.7 Å². The highest BCUT2D eigenvalue weighted by atomic mass is 32.2. The van der Waals surface area contributed by atoms with Gasteiger partial charge in [0.25, 0.3) is 0 Å². The van der Waals surface area contributed by atoms with E-state index >= 15 is 0 Å². The molecule has 98 valence electrons. The first-order valence-electron chi connectivity index (χ1n) is 5.06. The van der Waals surface area contributed by atoms with Crippen molar-refractivity contribution >= 4 is 27.3 Å². The average molecular weight is 287 g/mol. The average Bonchev–Trinajstić information content (AvgIpc) is 2.60. The van der Waals surface area contributed by atoms with Gasteiger partial charge in [-0.25, -0.2) is 17.9 Å². The fraction of sp³-hybridized carbons (Fsp3) is 0.364. The van der Waals surface area contributed by atoms with E-state index in [-0.39, 0.29) is 16.2 Å². The molecule has 0 amide bonds. The summed E-state index contributed by atoms with van der Waals surface area (Å²) in [6, 6.07) is -0.444. The van der Waals surface area contributed by atoms with Crippen LogP contribution in [0.15, 0.2) is 10.3 Å². The lowest BCUT2D eigenvalue weighted by Gasteiger charge is -2.12. The summed E-state index contributed by atoms with van der Waals surface area (Å²) in [5.41, 5.74) is 0.415. The molecule has 18 heavy (non-hydrogen) atoms. The zero-order valence-electron chi connectivity index (χ0n) is 9.93. The smallest absolute Gasteiger partial charge is 0.347 e. The van der Waals surface area contributed by atoms with Crippen LogP contribution in [0.1, 0.15) is 28.6 Å². The van der Waals surface area contributed by atoms with Crippen LogP contribution < -0.4 is 4.72 Å². The van der Waals surface area contributed by atoms with Crippen LogP contribution in [0, 0.1) is 19.3 Å². The Bertz CT molecular complexity index is 595. The van der Waals surface area contributed by atoms with E-state index in [0.29, 0.717) is 5.56 Å². The molecule has 7 heteroatoms. The summed E-state index contributed by atoms with van der Waals surface area (Å²) < 4.78 is 26.5. The van der Waals surface area contributed by atoms with E-state index in [4.69, 9.17) is 11.5 Å². The summed E-state index contributed by atoms with van der Waals surface area (Å²) in [4.78, 5) is 10.6. The highest BCUT2D eigenvalue weighted by Crippen LogP contribution is 2.26. The van der Waals surface area contributed by atoms with Gasteiger partial charge in [-0.2, -0.15) is 0 Å². The Morgan fingerprint density at radius 2 is 2.28 bits per heavy atom. The molecule has 0 spiro atoms. The van der Waals surface area contributed by atoms with Crippen molar-refractivity contribution in [2.45, 2.75) is 31.2 Å². The Morgan fingerprint density at radius 3 is 2.78 bits per heavy atom. The van der Waals surface area contributed by atoms with Gasteiger partial charge < -0.3 is 5.11 Å². The van der Waals surface area contributed by atoms with Crippen LogP contribution in [0.3, 0.4) is 0 Å². The monoisotopic (exact) mass is 287 g/mol. The predicted octanol–water partition coefficient (Wildman–Crippen LogP) is 1.44. The SMILES string of the molecule is C#CCC(C)NS(=O)(=O)c1c(C)csc1C(=O)O. The second kappa shape index (κ2) is 5.52. The van der Waals surface area contributed by atoms with Gasteiger partial charge in [0.05, 0.1) is 0 Å². The van der Waals surface area contributed by atoms with Gasteiger partial charge >= 0.3 is 5.97 Å². The maximum Gasteiger partial charge on any atom is 0.347 e. The molecule has 0 aliphatic carbocycles. The van der Waals surface area contributed by atoms with Crippen LogP contribution >= 0.6 is 11.3 Å². The molecular formula is C11H13NO4S2. The summed E-state index contributed by atoms with van der Waals surface area (Å²) >= 11 is 0.893. The van der Waals surface area contributed by atoms with E-state index in [1.807, 2.05) is 0 Å². The van der Waals surface area contributed by atoms with Gasteiger partial charge in [0.15, 0.2) is 0 Å². The number of aryl methyl sites for hydroxylation is 1. The quantitative estimate of drug-likeness (QED) is 0.803. The van der Waals surface area contributed by atoms with Gasteiger partial charge in [0.1, 0.15) is 9.77 Å². The third kappa shape index (κ3) is 3.10. The zero-order valence-corrected chi connectivity index (χ0v) is 11.6. The zero-order chi connectivity index (χ0) is 13.9. The topological polar surface area (TPSA) is 83.5 Å². The van der Waals surface area contributed by atoms with Crippen LogP contribution in [0.4, 0.5) is 0 Å². The molecule has 2 N–H and O–H groups in total. The second-order valence-electron chi connectivity index (χ2n) is 3.81. The van der Waals surface area contributed by atoms with E-state index in [1.54, 1.807) is 13.8 Å². The van der Waals surface area contributed by atoms with Crippen LogP contribution in [-0.4, -0.2) is 25.5 Å². The third-order valence-electron chi connectivity index (χ3n) is 2.16. The summed E-state index contributed by atoms with van der Waals surface area (Å²) in [6.07, 6.45) is 5.34. The standard InChI is InChI=1S/C11H13NO4S2/c1-4-5-8(3)12-18(15,16)10-7(2)6-17-9(10)11(13)14/h1,6,8,12H,5H2,2-3H3,(H,13,14). The van der Waals surface area contributed by atoms with E-state index in [2.05, 4.69) is 10.6 Å². The highest BCUT2D eigenvalue weighted by molar-refractivity contribution is 7.89. The lowest BCUT2D eigenvalue weighted by Crippen LogP contribution is -2.33. The minimum absolute atomic E-state index is 0.177. The number of hydrogen-bond acceptors (Lipinski definition) is 4. The summed E-state index contributed by atoms with van der Waals surface area (Å²) in [5, 5.41) is 10.5. The molecule has 1 rings (SSSR count). The summed E-state index contributed by atoms with van der Waals surface area (Å²) in [5.74, 6) is 1.09. The van der Waals surface area contributed by atoms with Crippen molar-refractivity contribution in [3.63, 3.8) is 0 Å². The highest BCUT2D eigenvalue weighted by Gasteiger charge is 2.27. The Hall–Kier alpha value is -1.36. The van der Waals surface area contributed by atoms with Gasteiger partial charge in [-0.1, -0.05) is 0 Å². The van der Waals surface area contributed by atoms with Crippen molar-refractivity contribution in [3.8, 4) is 12.3 Å². The van der Waals surface area contributed by atoms with Gasteiger partial charge in [-0.05, 0) is 24.8 Å². The number of nitrogens with one attached hydrogen (secondary N) is 1. The van der Waals surface area contributed by atoms with Crippen molar-refractivity contribution < 1.29 is 18.3 Å². The minimum atomic E-state index is -3.86. The lowest BCUT2D eigenvalue weighted by atomic mass is 10.3. The Balaban J connectivity index is 3.17. The number of sulfonamides is 1. The Labute approximate surface area is 110 Å². The number of carboxylic acid groups (broad SMARTS) is 1. The fourth-order valence-corrected chi connectivity index (χ4v) is 4.33. The van der Waals surface area contributed by atoms with E-state index < -0.39 is 22.0 Å². The molecule has 0 radical (unpaired) electrons. The second-order valence-corrected chi connectivity index (χ2v) is 6.34.